The van der Waals surface area contributed by atoms with Gasteiger partial charge < -0.3 is 16.2 Å². The maximum absolute atomic E-state index is 5.64. The molecule has 112 valence electrons. The monoisotopic (exact) mass is 298 g/mol. The van der Waals surface area contributed by atoms with Crippen LogP contribution in [0.4, 0.5) is 0 Å². The highest BCUT2D eigenvalue weighted by atomic mass is 35.5. The fourth-order valence-electron chi connectivity index (χ4n) is 1.53. The summed E-state index contributed by atoms with van der Waals surface area (Å²) in [5.74, 6) is 0.818. The molecule has 0 amide bonds. The molecule has 6 heteroatoms. The third-order valence-corrected chi connectivity index (χ3v) is 2.53. The van der Waals surface area contributed by atoms with Crippen LogP contribution in [0.3, 0.4) is 0 Å². The van der Waals surface area contributed by atoms with Gasteiger partial charge in [-0.05, 0) is 36.2 Å². The van der Waals surface area contributed by atoms with Crippen molar-refractivity contribution in [1.82, 2.24) is 0 Å². The molecule has 1 rings (SSSR count). The zero-order chi connectivity index (χ0) is 13.9. The molecule has 0 saturated heterocycles. The lowest BCUT2D eigenvalue weighted by atomic mass is 10.2. The van der Waals surface area contributed by atoms with Crippen molar-refractivity contribution in [3.8, 4) is 5.75 Å². The summed E-state index contributed by atoms with van der Waals surface area (Å²) in [7, 11) is 0. The molecule has 0 heterocycles. The van der Waals surface area contributed by atoms with E-state index in [9.17, 15) is 0 Å². The Morgan fingerprint density at radius 3 is 2.45 bits per heavy atom. The molecule has 1 aromatic carbocycles. The number of benzene rings is 1. The molecule has 1 aromatic rings. The molecule has 20 heavy (non-hydrogen) atoms. The van der Waals surface area contributed by atoms with Crippen molar-refractivity contribution in [3.05, 3.63) is 29.8 Å². The minimum atomic E-state index is -0.0525. The van der Waals surface area contributed by atoms with Gasteiger partial charge in [0.05, 0.1) is 12.8 Å². The average molecular weight is 299 g/mol. The van der Waals surface area contributed by atoms with Crippen LogP contribution in [0.5, 0.6) is 5.75 Å². The number of hydrogen-bond donors (Lipinski definition) is 2. The first-order chi connectivity index (χ1) is 9.22. The summed E-state index contributed by atoms with van der Waals surface area (Å²) in [5, 5.41) is 7.27. The lowest BCUT2D eigenvalue weighted by Crippen LogP contribution is -2.21. The van der Waals surface area contributed by atoms with Crippen molar-refractivity contribution in [2.75, 3.05) is 6.61 Å². The van der Waals surface area contributed by atoms with E-state index in [1.807, 2.05) is 24.3 Å². The van der Waals surface area contributed by atoms with E-state index in [4.69, 9.17) is 16.2 Å². The van der Waals surface area contributed by atoms with Crippen LogP contribution in [0.15, 0.2) is 34.5 Å². The van der Waals surface area contributed by atoms with E-state index in [1.165, 1.54) is 19.3 Å². The molecule has 0 radical (unpaired) electrons. The van der Waals surface area contributed by atoms with Gasteiger partial charge in [0.15, 0.2) is 0 Å². The number of guanidine groups is 1. The maximum Gasteiger partial charge on any atom is 0.211 e. The molecule has 0 aliphatic heterocycles. The minimum Gasteiger partial charge on any atom is -0.494 e. The lowest BCUT2D eigenvalue weighted by Gasteiger charge is -2.05. The fourth-order valence-corrected chi connectivity index (χ4v) is 1.53. The van der Waals surface area contributed by atoms with Gasteiger partial charge in [-0.2, -0.15) is 5.10 Å². The molecule has 0 aliphatic rings. The Labute approximate surface area is 126 Å². The summed E-state index contributed by atoms with van der Waals surface area (Å²) in [5.41, 5.74) is 11.2. The van der Waals surface area contributed by atoms with Gasteiger partial charge in [-0.25, -0.2) is 0 Å². The van der Waals surface area contributed by atoms with Crippen LogP contribution in [-0.4, -0.2) is 18.8 Å². The molecule has 0 bridgehead atoms. The second kappa shape index (κ2) is 11.1. The van der Waals surface area contributed by atoms with Crippen LogP contribution < -0.4 is 16.2 Å². The second-order valence-electron chi connectivity index (χ2n) is 4.25. The van der Waals surface area contributed by atoms with Crippen LogP contribution in [0.2, 0.25) is 0 Å². The zero-order valence-electron chi connectivity index (χ0n) is 11.8. The van der Waals surface area contributed by atoms with Crippen molar-refractivity contribution in [3.63, 3.8) is 0 Å². The number of unbranched alkanes of at least 4 members (excludes halogenated alkanes) is 3. The largest absolute Gasteiger partial charge is 0.494 e. The second-order valence-corrected chi connectivity index (χ2v) is 4.25. The highest BCUT2D eigenvalue weighted by Crippen LogP contribution is 2.12. The van der Waals surface area contributed by atoms with Crippen LogP contribution in [0, 0.1) is 0 Å². The number of rotatable bonds is 8. The van der Waals surface area contributed by atoms with E-state index in [1.54, 1.807) is 6.21 Å². The number of ether oxygens (including phenoxy) is 1. The van der Waals surface area contributed by atoms with Crippen molar-refractivity contribution in [1.29, 1.82) is 0 Å². The topological polar surface area (TPSA) is 86.0 Å². The first-order valence-corrected chi connectivity index (χ1v) is 6.57. The Morgan fingerprint density at radius 1 is 1.15 bits per heavy atom. The third-order valence-electron chi connectivity index (χ3n) is 2.53. The van der Waals surface area contributed by atoms with Crippen LogP contribution in [-0.2, 0) is 0 Å². The van der Waals surface area contributed by atoms with Crippen LogP contribution in [0.1, 0.15) is 38.2 Å². The smallest absolute Gasteiger partial charge is 0.211 e. The molecule has 4 N–H and O–H groups in total. The molecule has 0 aliphatic carbocycles. The highest BCUT2D eigenvalue weighted by Gasteiger charge is 1.94. The predicted octanol–water partition coefficient (Wildman–Crippen LogP) is 2.67. The Hall–Kier alpha value is -1.75. The Kier molecular flexibility index (Phi) is 10.1. The number of nitrogens with zero attached hydrogens (tertiary/aromatic N) is 2. The summed E-state index contributed by atoms with van der Waals surface area (Å²) in [6.07, 6.45) is 6.42. The van der Waals surface area contributed by atoms with Gasteiger partial charge in [0.25, 0.3) is 0 Å². The SMILES string of the molecule is CCCCCCOc1ccc(/C=N/N=C(N)N)cc1.Cl. The number of hydrogen-bond acceptors (Lipinski definition) is 3. The van der Waals surface area contributed by atoms with E-state index in [0.29, 0.717) is 0 Å². The molecule has 0 atom stereocenters. The lowest BCUT2D eigenvalue weighted by molar-refractivity contribution is 0.305. The van der Waals surface area contributed by atoms with Crippen molar-refractivity contribution < 1.29 is 4.74 Å². The van der Waals surface area contributed by atoms with E-state index in [-0.39, 0.29) is 18.4 Å². The van der Waals surface area contributed by atoms with Crippen molar-refractivity contribution >= 4 is 24.6 Å². The molecular formula is C14H23ClN4O. The van der Waals surface area contributed by atoms with E-state index >= 15 is 0 Å². The normalized spacial score (nSPS) is 10.1. The summed E-state index contributed by atoms with van der Waals surface area (Å²) < 4.78 is 5.64. The molecule has 0 unspecified atom stereocenters. The first-order valence-electron chi connectivity index (χ1n) is 6.57. The van der Waals surface area contributed by atoms with Gasteiger partial charge >= 0.3 is 0 Å². The Balaban J connectivity index is 0.00000361. The van der Waals surface area contributed by atoms with Gasteiger partial charge in [0, 0.05) is 0 Å². The maximum atomic E-state index is 5.64. The summed E-state index contributed by atoms with van der Waals surface area (Å²) in [6, 6.07) is 7.65. The standard InChI is InChI=1S/C14H22N4O.ClH/c1-2-3-4-5-10-19-13-8-6-12(7-9-13)11-17-18-14(15)16;/h6-9,11H,2-5,10H2,1H3,(H4,15,16,18);1H/b17-11+;. The molecular weight excluding hydrogens is 276 g/mol. The Bertz CT molecular complexity index is 414. The number of halogens is 1. The van der Waals surface area contributed by atoms with Crippen LogP contribution in [0.25, 0.3) is 0 Å². The van der Waals surface area contributed by atoms with Gasteiger partial charge in [0.2, 0.25) is 5.96 Å². The molecule has 0 fully saturated rings. The average Bonchev–Trinajstić information content (AvgIpc) is 2.40. The van der Waals surface area contributed by atoms with Gasteiger partial charge in [-0.3, -0.25) is 0 Å². The minimum absolute atomic E-state index is 0. The summed E-state index contributed by atoms with van der Waals surface area (Å²) >= 11 is 0. The molecule has 5 nitrogen and oxygen atoms in total. The van der Waals surface area contributed by atoms with E-state index < -0.39 is 0 Å². The van der Waals surface area contributed by atoms with Gasteiger partial charge in [-0.1, -0.05) is 26.2 Å². The predicted molar refractivity (Wildman–Crippen MR) is 86.7 cm³/mol. The third kappa shape index (κ3) is 8.37. The fraction of sp³-hybridized carbons (Fsp3) is 0.429. The summed E-state index contributed by atoms with van der Waals surface area (Å²) in [4.78, 5) is 0. The van der Waals surface area contributed by atoms with Crippen LogP contribution >= 0.6 is 12.4 Å². The molecule has 0 saturated carbocycles. The summed E-state index contributed by atoms with van der Waals surface area (Å²) in [6.45, 7) is 2.96. The molecule has 0 aromatic heterocycles. The Morgan fingerprint density at radius 2 is 1.85 bits per heavy atom. The first kappa shape index (κ1) is 18.2. The zero-order valence-corrected chi connectivity index (χ0v) is 12.6. The molecule has 0 spiro atoms. The van der Waals surface area contributed by atoms with Gasteiger partial charge in [-0.15, -0.1) is 17.5 Å². The number of nitrogens with two attached hydrogens (primary N) is 2. The van der Waals surface area contributed by atoms with E-state index in [0.717, 1.165) is 24.3 Å². The highest BCUT2D eigenvalue weighted by molar-refractivity contribution is 5.85. The van der Waals surface area contributed by atoms with Crippen molar-refractivity contribution in [2.45, 2.75) is 32.6 Å². The quantitative estimate of drug-likeness (QED) is 0.335. The van der Waals surface area contributed by atoms with Crippen molar-refractivity contribution in [2.24, 2.45) is 21.7 Å². The van der Waals surface area contributed by atoms with Gasteiger partial charge in [0.1, 0.15) is 5.75 Å². The van der Waals surface area contributed by atoms with E-state index in [2.05, 4.69) is 17.1 Å².